The Balaban J connectivity index is 2.26. The molecule has 122 valence electrons. The highest BCUT2D eigenvalue weighted by Crippen LogP contribution is 2.02. The van der Waals surface area contributed by atoms with Gasteiger partial charge in [-0.3, -0.25) is 9.69 Å². The van der Waals surface area contributed by atoms with Crippen LogP contribution in [0.1, 0.15) is 26.7 Å². The number of carbonyl (C=O) groups is 2. The minimum atomic E-state index is -0.821. The average molecular weight is 300 g/mol. The number of urea groups is 1. The molecule has 3 N–H and O–H groups in total. The summed E-state index contributed by atoms with van der Waals surface area (Å²) in [6, 6.07) is -0.0384. The Hall–Kier alpha value is -1.34. The normalized spacial score (nSPS) is 16.0. The Kier molecular flexibility index (Phi) is 8.07. The Morgan fingerprint density at radius 3 is 2.57 bits per heavy atom. The summed E-state index contributed by atoms with van der Waals surface area (Å²) in [5.41, 5.74) is 0. The molecule has 1 fully saturated rings. The zero-order valence-electron chi connectivity index (χ0n) is 13.1. The van der Waals surface area contributed by atoms with Crippen molar-refractivity contribution in [1.82, 2.24) is 20.4 Å². The first-order valence-corrected chi connectivity index (χ1v) is 7.70. The van der Waals surface area contributed by atoms with Crippen LogP contribution in [0.3, 0.4) is 0 Å². The van der Waals surface area contributed by atoms with Crippen molar-refractivity contribution in [3.63, 3.8) is 0 Å². The molecule has 0 aromatic rings. The van der Waals surface area contributed by atoms with Crippen molar-refractivity contribution in [2.24, 2.45) is 0 Å². The standard InChI is InChI=1S/C14H28N4O3/c1-12(2)18(8-3-4-13(19)20)14(21)16-7-11-17-9-5-15-6-10-17/h12,15H,3-11H2,1-2H3,(H,16,21)(H,19,20). The zero-order valence-corrected chi connectivity index (χ0v) is 13.1. The van der Waals surface area contributed by atoms with E-state index in [2.05, 4.69) is 15.5 Å². The molecule has 0 saturated carbocycles. The van der Waals surface area contributed by atoms with Gasteiger partial charge in [-0.25, -0.2) is 4.79 Å². The van der Waals surface area contributed by atoms with E-state index in [0.717, 1.165) is 32.7 Å². The van der Waals surface area contributed by atoms with E-state index in [1.807, 2.05) is 13.8 Å². The number of rotatable bonds is 8. The summed E-state index contributed by atoms with van der Waals surface area (Å²) in [7, 11) is 0. The van der Waals surface area contributed by atoms with E-state index in [9.17, 15) is 9.59 Å². The van der Waals surface area contributed by atoms with Crippen LogP contribution in [0.4, 0.5) is 4.79 Å². The van der Waals surface area contributed by atoms with Gasteiger partial charge in [0.15, 0.2) is 0 Å². The molecule has 7 heteroatoms. The molecule has 0 aromatic carbocycles. The Labute approximate surface area is 126 Å². The fraction of sp³-hybridized carbons (Fsp3) is 0.857. The number of carbonyl (C=O) groups excluding carboxylic acids is 1. The second-order valence-corrected chi connectivity index (χ2v) is 5.61. The van der Waals surface area contributed by atoms with Gasteiger partial charge < -0.3 is 20.6 Å². The zero-order chi connectivity index (χ0) is 15.7. The van der Waals surface area contributed by atoms with Gasteiger partial charge in [0, 0.05) is 58.3 Å². The highest BCUT2D eigenvalue weighted by atomic mass is 16.4. The molecule has 2 amide bonds. The third kappa shape index (κ3) is 7.29. The van der Waals surface area contributed by atoms with Gasteiger partial charge in [-0.15, -0.1) is 0 Å². The average Bonchev–Trinajstić information content (AvgIpc) is 2.44. The molecule has 1 rings (SSSR count). The third-order valence-corrected chi connectivity index (χ3v) is 3.59. The number of hydrogen-bond donors (Lipinski definition) is 3. The van der Waals surface area contributed by atoms with E-state index in [-0.39, 0.29) is 18.5 Å². The van der Waals surface area contributed by atoms with Gasteiger partial charge >= 0.3 is 12.0 Å². The van der Waals surface area contributed by atoms with Crippen molar-refractivity contribution < 1.29 is 14.7 Å². The van der Waals surface area contributed by atoms with Gasteiger partial charge in [-0.05, 0) is 20.3 Å². The summed E-state index contributed by atoms with van der Waals surface area (Å²) < 4.78 is 0. The number of piperazine rings is 1. The van der Waals surface area contributed by atoms with Crippen LogP contribution in [0.2, 0.25) is 0 Å². The van der Waals surface area contributed by atoms with Crippen LogP contribution in [-0.4, -0.2) is 78.8 Å². The monoisotopic (exact) mass is 300 g/mol. The fourth-order valence-electron chi connectivity index (χ4n) is 2.35. The lowest BCUT2D eigenvalue weighted by Gasteiger charge is -2.29. The molecule has 0 spiro atoms. The van der Waals surface area contributed by atoms with Crippen LogP contribution in [0.15, 0.2) is 0 Å². The molecule has 1 aliphatic heterocycles. The number of nitrogens with one attached hydrogen (secondary N) is 2. The van der Waals surface area contributed by atoms with Crippen molar-refractivity contribution in [2.75, 3.05) is 45.8 Å². The van der Waals surface area contributed by atoms with Gasteiger partial charge in [0.1, 0.15) is 0 Å². The van der Waals surface area contributed by atoms with Crippen molar-refractivity contribution in [2.45, 2.75) is 32.7 Å². The largest absolute Gasteiger partial charge is 0.481 e. The van der Waals surface area contributed by atoms with E-state index in [1.54, 1.807) is 4.90 Å². The maximum absolute atomic E-state index is 12.1. The number of carboxylic acids is 1. The van der Waals surface area contributed by atoms with Crippen LogP contribution in [-0.2, 0) is 4.79 Å². The van der Waals surface area contributed by atoms with Crippen molar-refractivity contribution in [3.05, 3.63) is 0 Å². The molecule has 7 nitrogen and oxygen atoms in total. The number of nitrogens with zero attached hydrogens (tertiary/aromatic N) is 2. The summed E-state index contributed by atoms with van der Waals surface area (Å²) in [6.45, 7) is 9.87. The minimum absolute atomic E-state index is 0.0676. The molecule has 21 heavy (non-hydrogen) atoms. The Bertz CT molecular complexity index is 330. The first kappa shape index (κ1) is 17.7. The topological polar surface area (TPSA) is 84.9 Å². The highest BCUT2D eigenvalue weighted by molar-refractivity contribution is 5.74. The van der Waals surface area contributed by atoms with E-state index in [0.29, 0.717) is 19.5 Å². The predicted molar refractivity (Wildman–Crippen MR) is 81.4 cm³/mol. The van der Waals surface area contributed by atoms with Gasteiger partial charge in [-0.2, -0.15) is 0 Å². The van der Waals surface area contributed by atoms with Crippen LogP contribution < -0.4 is 10.6 Å². The van der Waals surface area contributed by atoms with Crippen LogP contribution in [0, 0.1) is 0 Å². The SMILES string of the molecule is CC(C)N(CCCC(=O)O)C(=O)NCCN1CCNCC1. The molecule has 1 aliphatic rings. The molecule has 0 aromatic heterocycles. The molecular weight excluding hydrogens is 272 g/mol. The molecule has 0 unspecified atom stereocenters. The molecule has 0 radical (unpaired) electrons. The van der Waals surface area contributed by atoms with Crippen LogP contribution in [0.25, 0.3) is 0 Å². The number of aliphatic carboxylic acids is 1. The lowest BCUT2D eigenvalue weighted by Crippen LogP contribution is -2.49. The van der Waals surface area contributed by atoms with Crippen LogP contribution in [0.5, 0.6) is 0 Å². The molecule has 0 bridgehead atoms. The van der Waals surface area contributed by atoms with Gasteiger partial charge in [0.2, 0.25) is 0 Å². The third-order valence-electron chi connectivity index (χ3n) is 3.59. The quantitative estimate of drug-likeness (QED) is 0.595. The van der Waals surface area contributed by atoms with E-state index in [4.69, 9.17) is 5.11 Å². The summed E-state index contributed by atoms with van der Waals surface area (Å²) in [5, 5.41) is 14.9. The lowest BCUT2D eigenvalue weighted by atomic mass is 10.2. The van der Waals surface area contributed by atoms with E-state index in [1.165, 1.54) is 0 Å². The summed E-state index contributed by atoms with van der Waals surface area (Å²) in [6.07, 6.45) is 0.579. The number of hydrogen-bond acceptors (Lipinski definition) is 4. The summed E-state index contributed by atoms with van der Waals surface area (Å²) in [5.74, 6) is -0.821. The van der Waals surface area contributed by atoms with Gasteiger partial charge in [-0.1, -0.05) is 0 Å². The second-order valence-electron chi connectivity index (χ2n) is 5.61. The van der Waals surface area contributed by atoms with Gasteiger partial charge in [0.25, 0.3) is 0 Å². The van der Waals surface area contributed by atoms with Crippen molar-refractivity contribution in [3.8, 4) is 0 Å². The number of carboxylic acid groups (broad SMARTS) is 1. The number of amides is 2. The summed E-state index contributed by atoms with van der Waals surface area (Å²) >= 11 is 0. The van der Waals surface area contributed by atoms with Gasteiger partial charge in [0.05, 0.1) is 0 Å². The Morgan fingerprint density at radius 1 is 1.33 bits per heavy atom. The molecular formula is C14H28N4O3. The van der Waals surface area contributed by atoms with Crippen molar-refractivity contribution >= 4 is 12.0 Å². The first-order chi connectivity index (χ1) is 10.0. The maximum atomic E-state index is 12.1. The Morgan fingerprint density at radius 2 is 2.00 bits per heavy atom. The van der Waals surface area contributed by atoms with Crippen LogP contribution >= 0.6 is 0 Å². The first-order valence-electron chi connectivity index (χ1n) is 7.70. The minimum Gasteiger partial charge on any atom is -0.481 e. The predicted octanol–water partition coefficient (Wildman–Crippen LogP) is 0.176. The fourth-order valence-corrected chi connectivity index (χ4v) is 2.35. The molecule has 0 aliphatic carbocycles. The molecule has 0 atom stereocenters. The highest BCUT2D eigenvalue weighted by Gasteiger charge is 2.17. The molecule has 1 saturated heterocycles. The van der Waals surface area contributed by atoms with E-state index < -0.39 is 5.97 Å². The van der Waals surface area contributed by atoms with E-state index >= 15 is 0 Å². The maximum Gasteiger partial charge on any atom is 0.317 e. The smallest absolute Gasteiger partial charge is 0.317 e. The lowest BCUT2D eigenvalue weighted by molar-refractivity contribution is -0.137. The summed E-state index contributed by atoms with van der Waals surface area (Å²) in [4.78, 5) is 26.7. The second kappa shape index (κ2) is 9.57. The van der Waals surface area contributed by atoms with Crippen molar-refractivity contribution in [1.29, 1.82) is 0 Å². The molecule has 1 heterocycles.